The molecule has 2 aliphatic heterocycles. The van der Waals surface area contributed by atoms with E-state index in [2.05, 4.69) is 36.4 Å². The van der Waals surface area contributed by atoms with E-state index in [1.807, 2.05) is 0 Å². The Bertz CT molecular complexity index is 1060. The molecule has 2 saturated carbocycles. The number of amides is 4. The highest BCUT2D eigenvalue weighted by atomic mass is 16.2. The Labute approximate surface area is 236 Å². The second-order valence-electron chi connectivity index (χ2n) is 12.6. The van der Waals surface area contributed by atoms with E-state index < -0.39 is 29.9 Å². The fourth-order valence-corrected chi connectivity index (χ4v) is 7.17. The van der Waals surface area contributed by atoms with Crippen LogP contribution >= 0.6 is 0 Å². The number of ketones is 2. The van der Waals surface area contributed by atoms with Crippen molar-refractivity contribution in [3.8, 4) is 0 Å². The summed E-state index contributed by atoms with van der Waals surface area (Å²) in [6.07, 6.45) is 6.47. The van der Waals surface area contributed by atoms with Gasteiger partial charge in [-0.25, -0.2) is 0 Å². The SMILES string of the molecule is C=CC(=O)[C@H](C[C@@H]1CCNC1=O)NC(=O)[C@@H]1[C@@H]2[C@H](CN1C(=O)[C@@H](NC(=O)CC(=O)CC)C1CCCCC1)C2(C)C. The molecule has 4 aliphatic rings. The Morgan fingerprint density at radius 3 is 2.40 bits per heavy atom. The molecule has 0 unspecified atom stereocenters. The summed E-state index contributed by atoms with van der Waals surface area (Å²) in [5, 5.41) is 8.49. The Morgan fingerprint density at radius 2 is 1.80 bits per heavy atom. The summed E-state index contributed by atoms with van der Waals surface area (Å²) < 4.78 is 0. The molecule has 4 fully saturated rings. The smallest absolute Gasteiger partial charge is 0.246 e. The molecule has 220 valence electrons. The summed E-state index contributed by atoms with van der Waals surface area (Å²) in [7, 11) is 0. The van der Waals surface area contributed by atoms with E-state index in [0.29, 0.717) is 19.5 Å². The first-order chi connectivity index (χ1) is 19.0. The maximum Gasteiger partial charge on any atom is 0.246 e. The van der Waals surface area contributed by atoms with Crippen LogP contribution in [0.25, 0.3) is 0 Å². The molecule has 10 heteroatoms. The summed E-state index contributed by atoms with van der Waals surface area (Å²) in [6, 6.07) is -2.50. The second-order valence-corrected chi connectivity index (χ2v) is 12.6. The van der Waals surface area contributed by atoms with Gasteiger partial charge in [0, 0.05) is 25.4 Å². The molecule has 2 heterocycles. The molecule has 40 heavy (non-hydrogen) atoms. The highest BCUT2D eigenvalue weighted by Gasteiger charge is 2.69. The lowest BCUT2D eigenvalue weighted by Crippen LogP contribution is -2.59. The molecule has 0 aromatic rings. The third-order valence-electron chi connectivity index (χ3n) is 9.76. The fraction of sp³-hybridized carbons (Fsp3) is 0.733. The van der Waals surface area contributed by atoms with Crippen molar-refractivity contribution in [2.45, 2.75) is 96.7 Å². The van der Waals surface area contributed by atoms with Crippen molar-refractivity contribution >= 4 is 35.2 Å². The van der Waals surface area contributed by atoms with Gasteiger partial charge in [-0.3, -0.25) is 28.8 Å². The zero-order valence-corrected chi connectivity index (χ0v) is 24.0. The van der Waals surface area contributed by atoms with Crippen molar-refractivity contribution in [2.24, 2.45) is 29.1 Å². The highest BCUT2D eigenvalue weighted by Crippen LogP contribution is 2.65. The van der Waals surface area contributed by atoms with Crippen LogP contribution in [0, 0.1) is 29.1 Å². The fourth-order valence-electron chi connectivity index (χ4n) is 7.17. The maximum atomic E-state index is 14.1. The molecular formula is C30H44N4O6. The molecule has 0 aromatic heterocycles. The number of rotatable bonds is 12. The Hall–Kier alpha value is -3.04. The number of hydrogen-bond acceptors (Lipinski definition) is 6. The van der Waals surface area contributed by atoms with Crippen LogP contribution in [-0.2, 0) is 28.8 Å². The standard InChI is InChI=1S/C30H44N4O6/c1-5-19(35)15-23(37)33-25(17-10-8-7-9-11-17)29(40)34-16-20-24(30(20,3)4)26(34)28(39)32-21(22(36)6-2)14-18-12-13-31-27(18)38/h6,17-18,20-21,24-26H,2,5,7-16H2,1,3-4H3,(H,31,38)(H,32,39)(H,33,37)/t18-,20-,21-,24-,25-,26-/m0/s1. The zero-order valence-electron chi connectivity index (χ0n) is 24.0. The number of carbonyl (C=O) groups is 6. The maximum absolute atomic E-state index is 14.1. The van der Waals surface area contributed by atoms with Gasteiger partial charge in [-0.1, -0.05) is 46.6 Å². The van der Waals surface area contributed by atoms with Crippen molar-refractivity contribution in [2.75, 3.05) is 13.1 Å². The summed E-state index contributed by atoms with van der Waals surface area (Å²) >= 11 is 0. The Kier molecular flexibility index (Phi) is 9.15. The van der Waals surface area contributed by atoms with E-state index in [0.717, 1.165) is 38.2 Å². The van der Waals surface area contributed by atoms with Gasteiger partial charge >= 0.3 is 0 Å². The first-order valence-electron chi connectivity index (χ1n) is 14.8. The molecule has 4 rings (SSSR count). The zero-order chi connectivity index (χ0) is 29.2. The second kappa shape index (κ2) is 12.2. The first-order valence-corrected chi connectivity index (χ1v) is 14.8. The summed E-state index contributed by atoms with van der Waals surface area (Å²) in [5.74, 6) is -2.26. The van der Waals surface area contributed by atoms with Crippen LogP contribution in [0.5, 0.6) is 0 Å². The molecule has 0 bridgehead atoms. The number of nitrogens with zero attached hydrogens (tertiary/aromatic N) is 1. The highest BCUT2D eigenvalue weighted by molar-refractivity contribution is 6.01. The number of Topliss-reactive ketones (excluding diaryl/α,β-unsaturated/α-hetero) is 1. The lowest BCUT2D eigenvalue weighted by atomic mass is 9.83. The van der Waals surface area contributed by atoms with E-state index in [4.69, 9.17) is 0 Å². The van der Waals surface area contributed by atoms with Crippen LogP contribution in [-0.4, -0.2) is 71.3 Å². The van der Waals surface area contributed by atoms with Gasteiger partial charge in [-0.15, -0.1) is 0 Å². The summed E-state index contributed by atoms with van der Waals surface area (Å²) in [6.45, 7) is 10.4. The molecule has 2 saturated heterocycles. The first kappa shape index (κ1) is 29.9. The predicted octanol–water partition coefficient (Wildman–Crippen LogP) is 1.67. The van der Waals surface area contributed by atoms with Crippen LogP contribution in [0.1, 0.15) is 78.6 Å². The molecule has 0 radical (unpaired) electrons. The molecular weight excluding hydrogens is 512 g/mol. The van der Waals surface area contributed by atoms with Crippen LogP contribution in [0.4, 0.5) is 0 Å². The molecule has 10 nitrogen and oxygen atoms in total. The van der Waals surface area contributed by atoms with Crippen molar-refractivity contribution in [1.82, 2.24) is 20.9 Å². The van der Waals surface area contributed by atoms with Crippen LogP contribution in [0.2, 0.25) is 0 Å². The molecule has 0 aromatic carbocycles. The van der Waals surface area contributed by atoms with E-state index in [1.165, 1.54) is 0 Å². The van der Waals surface area contributed by atoms with Crippen molar-refractivity contribution < 1.29 is 28.8 Å². The van der Waals surface area contributed by atoms with Gasteiger partial charge in [0.05, 0.1) is 12.5 Å². The number of piperidine rings is 1. The average Bonchev–Trinajstić information content (AvgIpc) is 3.28. The topological polar surface area (TPSA) is 142 Å². The van der Waals surface area contributed by atoms with E-state index in [1.54, 1.807) is 11.8 Å². The largest absolute Gasteiger partial charge is 0.356 e. The van der Waals surface area contributed by atoms with Gasteiger partial charge in [0.15, 0.2) is 5.78 Å². The minimum atomic E-state index is -0.911. The van der Waals surface area contributed by atoms with Gasteiger partial charge < -0.3 is 20.9 Å². The van der Waals surface area contributed by atoms with Gasteiger partial charge in [0.2, 0.25) is 23.6 Å². The number of fused-ring (bicyclic) bond motifs is 1. The molecule has 0 spiro atoms. The molecule has 6 atom stereocenters. The third-order valence-corrected chi connectivity index (χ3v) is 9.76. The molecule has 4 amide bonds. The van der Waals surface area contributed by atoms with E-state index in [9.17, 15) is 28.8 Å². The minimum Gasteiger partial charge on any atom is -0.356 e. The molecule has 2 aliphatic carbocycles. The lowest BCUT2D eigenvalue weighted by Gasteiger charge is -2.37. The van der Waals surface area contributed by atoms with Crippen LogP contribution in [0.15, 0.2) is 12.7 Å². The van der Waals surface area contributed by atoms with Gasteiger partial charge in [0.1, 0.15) is 17.9 Å². The summed E-state index contributed by atoms with van der Waals surface area (Å²) in [4.78, 5) is 79.2. The Balaban J connectivity index is 1.55. The predicted molar refractivity (Wildman–Crippen MR) is 148 cm³/mol. The summed E-state index contributed by atoms with van der Waals surface area (Å²) in [5.41, 5.74) is -0.140. The van der Waals surface area contributed by atoms with E-state index in [-0.39, 0.29) is 71.7 Å². The van der Waals surface area contributed by atoms with Gasteiger partial charge in [0.25, 0.3) is 0 Å². The normalized spacial score (nSPS) is 28.6. The monoisotopic (exact) mass is 556 g/mol. The minimum absolute atomic E-state index is 0.0634. The van der Waals surface area contributed by atoms with Crippen molar-refractivity contribution in [3.05, 3.63) is 12.7 Å². The van der Waals surface area contributed by atoms with Crippen molar-refractivity contribution in [3.63, 3.8) is 0 Å². The number of likely N-dealkylation sites (tertiary alicyclic amines) is 1. The number of nitrogens with one attached hydrogen (secondary N) is 3. The quantitative estimate of drug-likeness (QED) is 0.247. The lowest BCUT2D eigenvalue weighted by molar-refractivity contribution is -0.145. The average molecular weight is 557 g/mol. The van der Waals surface area contributed by atoms with Crippen molar-refractivity contribution in [1.29, 1.82) is 0 Å². The van der Waals surface area contributed by atoms with Crippen LogP contribution < -0.4 is 16.0 Å². The Morgan fingerprint density at radius 1 is 1.10 bits per heavy atom. The van der Waals surface area contributed by atoms with Crippen LogP contribution in [0.3, 0.4) is 0 Å². The number of hydrogen-bond donors (Lipinski definition) is 3. The van der Waals surface area contributed by atoms with Gasteiger partial charge in [-0.2, -0.15) is 0 Å². The molecule has 3 N–H and O–H groups in total. The van der Waals surface area contributed by atoms with E-state index >= 15 is 0 Å². The van der Waals surface area contributed by atoms with Gasteiger partial charge in [-0.05, 0) is 54.9 Å². The third kappa shape index (κ3) is 6.15. The number of carbonyl (C=O) groups excluding carboxylic acids is 6.